The average molecular weight is 249 g/mol. The number of nitrogens with zero attached hydrogens (tertiary/aromatic N) is 1. The number of hydrogen-bond donors (Lipinski definition) is 1. The largest absolute Gasteiger partial charge is 0.494 e. The molecule has 100 valence electrons. The summed E-state index contributed by atoms with van der Waals surface area (Å²) in [6, 6.07) is 6.38. The molecule has 1 N–H and O–H groups in total. The van der Waals surface area contributed by atoms with Crippen LogP contribution in [0.2, 0.25) is 0 Å². The second-order valence-corrected chi connectivity index (χ2v) is 4.90. The summed E-state index contributed by atoms with van der Waals surface area (Å²) in [6.07, 6.45) is 2.49. The van der Waals surface area contributed by atoms with E-state index >= 15 is 0 Å². The Morgan fingerprint density at radius 3 is 2.61 bits per heavy atom. The van der Waals surface area contributed by atoms with Crippen molar-refractivity contribution < 1.29 is 9.84 Å². The van der Waals surface area contributed by atoms with E-state index in [1.165, 1.54) is 18.4 Å². The Morgan fingerprint density at radius 2 is 2.06 bits per heavy atom. The molecule has 0 saturated carbocycles. The zero-order valence-electron chi connectivity index (χ0n) is 11.4. The highest BCUT2D eigenvalue weighted by Crippen LogP contribution is 2.28. The average Bonchev–Trinajstić information content (AvgIpc) is 2.87. The minimum Gasteiger partial charge on any atom is -0.494 e. The molecule has 2 rings (SSSR count). The van der Waals surface area contributed by atoms with Crippen LogP contribution in [0, 0.1) is 6.92 Å². The number of benzene rings is 1. The molecule has 1 atom stereocenters. The summed E-state index contributed by atoms with van der Waals surface area (Å²) < 4.78 is 5.55. The Morgan fingerprint density at radius 1 is 1.33 bits per heavy atom. The lowest BCUT2D eigenvalue weighted by Crippen LogP contribution is -2.28. The number of rotatable bonds is 5. The minimum atomic E-state index is 0.141. The fourth-order valence-electron chi connectivity index (χ4n) is 2.68. The summed E-state index contributed by atoms with van der Waals surface area (Å²) in [5.74, 6) is 0.944. The van der Waals surface area contributed by atoms with E-state index in [0.29, 0.717) is 6.61 Å². The topological polar surface area (TPSA) is 32.7 Å². The lowest BCUT2D eigenvalue weighted by atomic mass is 10.0. The van der Waals surface area contributed by atoms with Crippen LogP contribution in [-0.4, -0.2) is 36.3 Å². The number of hydrogen-bond acceptors (Lipinski definition) is 3. The molecular weight excluding hydrogens is 226 g/mol. The van der Waals surface area contributed by atoms with Gasteiger partial charge in [0, 0.05) is 0 Å². The molecule has 1 unspecified atom stereocenters. The van der Waals surface area contributed by atoms with Crippen LogP contribution in [0.5, 0.6) is 5.75 Å². The van der Waals surface area contributed by atoms with E-state index in [1.807, 2.05) is 13.0 Å². The van der Waals surface area contributed by atoms with E-state index < -0.39 is 0 Å². The third kappa shape index (κ3) is 2.85. The van der Waals surface area contributed by atoms with Crippen LogP contribution in [0.3, 0.4) is 0 Å². The maximum atomic E-state index is 9.63. The summed E-state index contributed by atoms with van der Waals surface area (Å²) in [6.45, 7) is 7.12. The van der Waals surface area contributed by atoms with E-state index in [4.69, 9.17) is 4.74 Å². The van der Waals surface area contributed by atoms with Gasteiger partial charge in [0.25, 0.3) is 0 Å². The first-order valence-corrected chi connectivity index (χ1v) is 6.84. The molecule has 1 heterocycles. The predicted octanol–water partition coefficient (Wildman–Crippen LogP) is 2.52. The first kappa shape index (κ1) is 13.4. The summed E-state index contributed by atoms with van der Waals surface area (Å²) in [5, 5.41) is 9.63. The van der Waals surface area contributed by atoms with Crippen LogP contribution in [0.1, 0.15) is 36.9 Å². The highest BCUT2D eigenvalue weighted by molar-refractivity contribution is 5.37. The van der Waals surface area contributed by atoms with Gasteiger partial charge in [0.1, 0.15) is 5.75 Å². The van der Waals surface area contributed by atoms with Gasteiger partial charge in [0.05, 0.1) is 19.3 Å². The van der Waals surface area contributed by atoms with Gasteiger partial charge in [-0.25, -0.2) is 0 Å². The van der Waals surface area contributed by atoms with Crippen molar-refractivity contribution >= 4 is 0 Å². The fourth-order valence-corrected chi connectivity index (χ4v) is 2.68. The molecule has 0 radical (unpaired) electrons. The summed E-state index contributed by atoms with van der Waals surface area (Å²) >= 11 is 0. The second kappa shape index (κ2) is 6.21. The zero-order chi connectivity index (χ0) is 13.0. The summed E-state index contributed by atoms with van der Waals surface area (Å²) in [4.78, 5) is 2.37. The Hall–Kier alpha value is -1.06. The molecule has 0 amide bonds. The molecule has 1 aromatic carbocycles. The van der Waals surface area contributed by atoms with Crippen LogP contribution in [0.25, 0.3) is 0 Å². The van der Waals surface area contributed by atoms with Crippen LogP contribution in [0.15, 0.2) is 18.2 Å². The first-order valence-electron chi connectivity index (χ1n) is 6.84. The smallest absolute Gasteiger partial charge is 0.122 e. The van der Waals surface area contributed by atoms with Crippen molar-refractivity contribution in [1.29, 1.82) is 0 Å². The Balaban J connectivity index is 2.17. The molecule has 0 spiro atoms. The third-order valence-corrected chi connectivity index (χ3v) is 3.64. The van der Waals surface area contributed by atoms with E-state index in [0.717, 1.165) is 24.4 Å². The van der Waals surface area contributed by atoms with Gasteiger partial charge in [-0.1, -0.05) is 12.1 Å². The Bertz CT molecular complexity index is 386. The summed E-state index contributed by atoms with van der Waals surface area (Å²) in [7, 11) is 0. The molecule has 1 saturated heterocycles. The van der Waals surface area contributed by atoms with Crippen LogP contribution in [0.4, 0.5) is 0 Å². The van der Waals surface area contributed by atoms with Gasteiger partial charge in [-0.05, 0) is 57.0 Å². The van der Waals surface area contributed by atoms with Gasteiger partial charge in [-0.15, -0.1) is 0 Å². The van der Waals surface area contributed by atoms with Crippen molar-refractivity contribution in [3.05, 3.63) is 29.3 Å². The molecule has 0 aliphatic carbocycles. The van der Waals surface area contributed by atoms with Gasteiger partial charge >= 0.3 is 0 Å². The Labute approximate surface area is 109 Å². The molecule has 0 aromatic heterocycles. The van der Waals surface area contributed by atoms with Crippen LogP contribution >= 0.6 is 0 Å². The lowest BCUT2D eigenvalue weighted by molar-refractivity contribution is 0.147. The molecule has 1 aliphatic rings. The van der Waals surface area contributed by atoms with E-state index in [9.17, 15) is 5.11 Å². The quantitative estimate of drug-likeness (QED) is 0.870. The van der Waals surface area contributed by atoms with Crippen molar-refractivity contribution in [3.63, 3.8) is 0 Å². The number of aliphatic hydroxyl groups excluding tert-OH is 1. The van der Waals surface area contributed by atoms with Crippen molar-refractivity contribution in [1.82, 2.24) is 4.90 Å². The SMILES string of the molecule is CCOc1ccc(C(CO)N2CCCC2)cc1C. The molecule has 1 fully saturated rings. The minimum absolute atomic E-state index is 0.141. The lowest BCUT2D eigenvalue weighted by Gasteiger charge is -2.26. The molecule has 3 nitrogen and oxygen atoms in total. The summed E-state index contributed by atoms with van der Waals surface area (Å²) in [5.41, 5.74) is 2.34. The number of aryl methyl sites for hydroxylation is 1. The van der Waals surface area contributed by atoms with Gasteiger partial charge in [0.2, 0.25) is 0 Å². The van der Waals surface area contributed by atoms with Gasteiger partial charge in [-0.3, -0.25) is 4.90 Å². The Kier molecular flexibility index (Phi) is 4.61. The van der Waals surface area contributed by atoms with Crippen molar-refractivity contribution in [3.8, 4) is 5.75 Å². The highest BCUT2D eigenvalue weighted by Gasteiger charge is 2.23. The van der Waals surface area contributed by atoms with E-state index in [1.54, 1.807) is 0 Å². The standard InChI is InChI=1S/C15H23NO2/c1-3-18-15-7-6-13(10-12(15)2)14(11-17)16-8-4-5-9-16/h6-7,10,14,17H,3-5,8-9,11H2,1-2H3. The highest BCUT2D eigenvalue weighted by atomic mass is 16.5. The maximum Gasteiger partial charge on any atom is 0.122 e. The van der Waals surface area contributed by atoms with Gasteiger partial charge < -0.3 is 9.84 Å². The van der Waals surface area contributed by atoms with Gasteiger partial charge in [0.15, 0.2) is 0 Å². The van der Waals surface area contributed by atoms with Gasteiger partial charge in [-0.2, -0.15) is 0 Å². The predicted molar refractivity (Wildman–Crippen MR) is 73.0 cm³/mol. The molecule has 3 heteroatoms. The van der Waals surface area contributed by atoms with Crippen molar-refractivity contribution in [2.24, 2.45) is 0 Å². The van der Waals surface area contributed by atoms with Crippen LogP contribution < -0.4 is 4.74 Å². The van der Waals surface area contributed by atoms with Crippen LogP contribution in [-0.2, 0) is 0 Å². The zero-order valence-corrected chi connectivity index (χ0v) is 11.4. The first-order chi connectivity index (χ1) is 8.76. The molecule has 1 aromatic rings. The third-order valence-electron chi connectivity index (χ3n) is 3.64. The van der Waals surface area contributed by atoms with E-state index in [-0.39, 0.29) is 12.6 Å². The van der Waals surface area contributed by atoms with Crippen molar-refractivity contribution in [2.75, 3.05) is 26.3 Å². The van der Waals surface area contributed by atoms with Crippen molar-refractivity contribution in [2.45, 2.75) is 32.7 Å². The number of likely N-dealkylation sites (tertiary alicyclic amines) is 1. The second-order valence-electron chi connectivity index (χ2n) is 4.90. The number of ether oxygens (including phenoxy) is 1. The maximum absolute atomic E-state index is 9.63. The number of aliphatic hydroxyl groups is 1. The molecule has 1 aliphatic heterocycles. The molecule has 0 bridgehead atoms. The molecular formula is C15H23NO2. The normalized spacial score (nSPS) is 17.9. The fraction of sp³-hybridized carbons (Fsp3) is 0.600. The monoisotopic (exact) mass is 249 g/mol. The molecule has 18 heavy (non-hydrogen) atoms. The van der Waals surface area contributed by atoms with E-state index in [2.05, 4.69) is 24.0 Å².